The molecule has 1 N–H and O–H groups in total. The number of morpholine rings is 1. The molecule has 0 spiro atoms. The van der Waals surface area contributed by atoms with Crippen LogP contribution in [0.2, 0.25) is 0 Å². The third-order valence-corrected chi connectivity index (χ3v) is 9.88. The molecule has 0 radical (unpaired) electrons. The van der Waals surface area contributed by atoms with Crippen molar-refractivity contribution >= 4 is 27.5 Å². The first-order chi connectivity index (χ1) is 21.7. The van der Waals surface area contributed by atoms with E-state index in [1.165, 1.54) is 30.5 Å². The Labute approximate surface area is 261 Å². The molecule has 2 aromatic heterocycles. The molecular formula is C35H37F2N5O3. The lowest BCUT2D eigenvalue weighted by atomic mass is 9.76. The van der Waals surface area contributed by atoms with Crippen LogP contribution in [-0.4, -0.2) is 76.5 Å². The molecule has 4 heterocycles. The number of anilines is 1. The van der Waals surface area contributed by atoms with Gasteiger partial charge in [0.05, 0.1) is 29.8 Å². The maximum atomic E-state index is 16.8. The second kappa shape index (κ2) is 11.4. The number of hydrogen-bond donors (Lipinski definition) is 1. The van der Waals surface area contributed by atoms with Crippen molar-refractivity contribution in [2.24, 2.45) is 5.41 Å². The highest BCUT2D eigenvalue weighted by Crippen LogP contribution is 2.47. The van der Waals surface area contributed by atoms with Gasteiger partial charge >= 0.3 is 6.01 Å². The Morgan fingerprint density at radius 2 is 1.91 bits per heavy atom. The Balaban J connectivity index is 1.38. The number of phenols is 1. The van der Waals surface area contributed by atoms with Gasteiger partial charge in [0.25, 0.3) is 0 Å². The van der Waals surface area contributed by atoms with Crippen molar-refractivity contribution in [3.8, 4) is 35.4 Å². The second-order valence-electron chi connectivity index (χ2n) is 13.0. The maximum absolute atomic E-state index is 16.8. The van der Waals surface area contributed by atoms with Gasteiger partial charge in [0.15, 0.2) is 5.82 Å². The summed E-state index contributed by atoms with van der Waals surface area (Å²) in [5.41, 5.74) is 0.0729. The number of benzene rings is 2. The SMILES string of the molecule is C#Cc1c(F)ccc2cc(O)cc(-c3ncc4c(N5CC(C)OC(C)C5)nc(OCC56CCCC5N(C)CCC6)nc4c3F)c12. The second-order valence-corrected chi connectivity index (χ2v) is 13.0. The van der Waals surface area contributed by atoms with Crippen LogP contribution in [0, 0.1) is 29.4 Å². The average Bonchev–Trinajstić information content (AvgIpc) is 3.45. The molecule has 1 aliphatic carbocycles. The fourth-order valence-corrected chi connectivity index (χ4v) is 8.00. The Morgan fingerprint density at radius 3 is 2.69 bits per heavy atom. The molecule has 10 heteroatoms. The van der Waals surface area contributed by atoms with Crippen molar-refractivity contribution in [2.75, 3.05) is 38.2 Å². The number of terminal acetylenes is 1. The molecule has 0 bridgehead atoms. The zero-order valence-corrected chi connectivity index (χ0v) is 25.8. The lowest BCUT2D eigenvalue weighted by Crippen LogP contribution is -2.50. The largest absolute Gasteiger partial charge is 0.508 e. The van der Waals surface area contributed by atoms with Crippen molar-refractivity contribution in [1.82, 2.24) is 19.9 Å². The van der Waals surface area contributed by atoms with Crippen LogP contribution in [-0.2, 0) is 4.74 Å². The molecule has 4 atom stereocenters. The van der Waals surface area contributed by atoms with E-state index in [1.807, 2.05) is 13.8 Å². The summed E-state index contributed by atoms with van der Waals surface area (Å²) in [5, 5.41) is 11.7. The van der Waals surface area contributed by atoms with Crippen molar-refractivity contribution in [3.05, 3.63) is 47.7 Å². The molecule has 4 aromatic rings. The van der Waals surface area contributed by atoms with Gasteiger partial charge in [0.2, 0.25) is 0 Å². The molecule has 3 fully saturated rings. The van der Waals surface area contributed by atoms with Gasteiger partial charge in [-0.3, -0.25) is 4.98 Å². The van der Waals surface area contributed by atoms with Crippen LogP contribution in [0.15, 0.2) is 30.5 Å². The molecule has 2 aliphatic heterocycles. The number of piperidine rings is 1. The number of fused-ring (bicyclic) bond motifs is 3. The van der Waals surface area contributed by atoms with Crippen LogP contribution in [0.1, 0.15) is 51.5 Å². The lowest BCUT2D eigenvalue weighted by molar-refractivity contribution is -0.00552. The van der Waals surface area contributed by atoms with Gasteiger partial charge in [-0.25, -0.2) is 8.78 Å². The minimum atomic E-state index is -0.733. The van der Waals surface area contributed by atoms with Gasteiger partial charge in [-0.05, 0) is 76.7 Å². The summed E-state index contributed by atoms with van der Waals surface area (Å²) in [7, 11) is 2.18. The molecule has 3 aliphatic rings. The third kappa shape index (κ3) is 5.12. The van der Waals surface area contributed by atoms with Gasteiger partial charge < -0.3 is 24.4 Å². The predicted octanol–water partition coefficient (Wildman–Crippen LogP) is 6.07. The van der Waals surface area contributed by atoms with E-state index >= 15 is 4.39 Å². The quantitative estimate of drug-likeness (QED) is 0.272. The Morgan fingerprint density at radius 1 is 1.13 bits per heavy atom. The van der Waals surface area contributed by atoms with Gasteiger partial charge in [-0.2, -0.15) is 9.97 Å². The van der Waals surface area contributed by atoms with E-state index in [-0.39, 0.29) is 57.1 Å². The minimum absolute atomic E-state index is 0.00556. The molecular weight excluding hydrogens is 576 g/mol. The summed E-state index contributed by atoms with van der Waals surface area (Å²) in [5.74, 6) is 1.43. The molecule has 7 rings (SSSR count). The molecule has 1 saturated carbocycles. The van der Waals surface area contributed by atoms with Crippen molar-refractivity contribution in [1.29, 1.82) is 0 Å². The number of likely N-dealkylation sites (tertiary alicyclic amines) is 1. The monoisotopic (exact) mass is 613 g/mol. The number of nitrogens with zero attached hydrogens (tertiary/aromatic N) is 5. The predicted molar refractivity (Wildman–Crippen MR) is 169 cm³/mol. The molecule has 8 nitrogen and oxygen atoms in total. The molecule has 45 heavy (non-hydrogen) atoms. The number of phenolic OH excluding ortho intramolecular Hbond substituents is 1. The van der Waals surface area contributed by atoms with Crippen molar-refractivity contribution in [3.63, 3.8) is 0 Å². The van der Waals surface area contributed by atoms with E-state index < -0.39 is 11.6 Å². The maximum Gasteiger partial charge on any atom is 0.319 e. The Kier molecular flexibility index (Phi) is 7.49. The standard InChI is InChI=1S/C35H37F2N5O3/c1-5-24-27(36)10-9-22-14-23(43)15-25(29(22)24)31-30(37)32-26(16-38-31)33(42-17-20(2)45-21(3)18-42)40-34(39-32)44-19-35-11-6-8-28(35)41(4)13-7-12-35/h1,9-10,14-16,20-21,28,43H,6-8,11-13,17-19H2,2-4H3. The molecule has 234 valence electrons. The van der Waals surface area contributed by atoms with E-state index in [1.54, 1.807) is 0 Å². The zero-order valence-electron chi connectivity index (χ0n) is 25.8. The van der Waals surface area contributed by atoms with Crippen LogP contribution in [0.3, 0.4) is 0 Å². The minimum Gasteiger partial charge on any atom is -0.508 e. The fourth-order valence-electron chi connectivity index (χ4n) is 8.00. The first kappa shape index (κ1) is 29.6. The number of aromatic nitrogens is 3. The average molecular weight is 614 g/mol. The summed E-state index contributed by atoms with van der Waals surface area (Å²) in [6.07, 6.45) is 12.6. The number of hydrogen-bond acceptors (Lipinski definition) is 8. The summed E-state index contributed by atoms with van der Waals surface area (Å²) in [4.78, 5) is 18.5. The molecule has 2 aromatic carbocycles. The van der Waals surface area contributed by atoms with E-state index in [0.717, 1.165) is 38.6 Å². The summed E-state index contributed by atoms with van der Waals surface area (Å²) in [6, 6.07) is 6.08. The molecule has 2 saturated heterocycles. The highest BCUT2D eigenvalue weighted by molar-refractivity contribution is 6.03. The van der Waals surface area contributed by atoms with Gasteiger partial charge in [0.1, 0.15) is 28.6 Å². The van der Waals surface area contributed by atoms with Crippen LogP contribution >= 0.6 is 0 Å². The number of aromatic hydroxyl groups is 1. The lowest BCUT2D eigenvalue weighted by Gasteiger charge is -2.44. The highest BCUT2D eigenvalue weighted by atomic mass is 19.1. The van der Waals surface area contributed by atoms with E-state index in [0.29, 0.717) is 42.3 Å². The van der Waals surface area contributed by atoms with Crippen LogP contribution in [0.25, 0.3) is 32.9 Å². The zero-order chi connectivity index (χ0) is 31.5. The number of rotatable bonds is 5. The van der Waals surface area contributed by atoms with Gasteiger partial charge in [-0.15, -0.1) is 6.42 Å². The summed E-state index contributed by atoms with van der Waals surface area (Å²) >= 11 is 0. The topological polar surface area (TPSA) is 83.8 Å². The Bertz CT molecular complexity index is 1830. The van der Waals surface area contributed by atoms with E-state index in [4.69, 9.17) is 20.9 Å². The smallest absolute Gasteiger partial charge is 0.319 e. The van der Waals surface area contributed by atoms with E-state index in [2.05, 4.69) is 32.7 Å². The van der Waals surface area contributed by atoms with Gasteiger partial charge in [0, 0.05) is 41.7 Å². The third-order valence-electron chi connectivity index (χ3n) is 9.88. The van der Waals surface area contributed by atoms with Gasteiger partial charge in [-0.1, -0.05) is 18.4 Å². The van der Waals surface area contributed by atoms with Crippen LogP contribution in [0.4, 0.5) is 14.6 Å². The first-order valence-electron chi connectivity index (χ1n) is 15.7. The van der Waals surface area contributed by atoms with E-state index in [9.17, 15) is 9.50 Å². The molecule has 0 amide bonds. The normalized spacial score (nSPS) is 25.4. The summed E-state index contributed by atoms with van der Waals surface area (Å²) < 4.78 is 44.0. The number of ether oxygens (including phenoxy) is 2. The highest BCUT2D eigenvalue weighted by Gasteiger charge is 2.47. The van der Waals surface area contributed by atoms with Crippen LogP contribution in [0.5, 0.6) is 11.8 Å². The van der Waals surface area contributed by atoms with Crippen LogP contribution < -0.4 is 9.64 Å². The fraction of sp³-hybridized carbons (Fsp3) is 0.457. The van der Waals surface area contributed by atoms with Crippen molar-refractivity contribution < 1.29 is 23.4 Å². The number of pyridine rings is 1. The first-order valence-corrected chi connectivity index (χ1v) is 15.7. The Hall–Kier alpha value is -4.07. The summed E-state index contributed by atoms with van der Waals surface area (Å²) in [6.45, 7) is 6.62. The van der Waals surface area contributed by atoms with Crippen molar-refractivity contribution in [2.45, 2.75) is 64.2 Å². The number of halogens is 2. The molecule has 4 unspecified atom stereocenters.